The van der Waals surface area contributed by atoms with Gasteiger partial charge in [0.25, 0.3) is 0 Å². The van der Waals surface area contributed by atoms with Gasteiger partial charge in [-0.05, 0) is 55.7 Å². The van der Waals surface area contributed by atoms with E-state index in [0.29, 0.717) is 13.0 Å². The van der Waals surface area contributed by atoms with Gasteiger partial charge < -0.3 is 24.8 Å². The first-order chi connectivity index (χ1) is 16.5. The van der Waals surface area contributed by atoms with Gasteiger partial charge in [-0.3, -0.25) is 4.79 Å². The Morgan fingerprint density at radius 3 is 2.76 bits per heavy atom. The summed E-state index contributed by atoms with van der Waals surface area (Å²) in [6, 6.07) is 9.39. The summed E-state index contributed by atoms with van der Waals surface area (Å²) in [6.07, 6.45) is 11.3. The highest BCUT2D eigenvalue weighted by Crippen LogP contribution is 2.40. The zero-order valence-electron chi connectivity index (χ0n) is 20.2. The molecule has 6 nitrogen and oxygen atoms in total. The second kappa shape index (κ2) is 13.7. The van der Waals surface area contributed by atoms with Crippen LogP contribution in [0, 0.1) is 17.8 Å². The molecule has 1 aromatic carbocycles. The standard InChI is InChI=1S/C28H40O6/c1-2-8-21(28(31)32)10-7-6-9-20-13-15-25-24(26(30)17-27(25)34-18-20)16-14-22(29)19-33-23-11-4-3-5-12-23/h3-5,11-14,16,21-22,24-27,29-30H,2,6-10,15,17-19H2,1H3,(H,31,32)/t21?,22?,24-,25-,26-,27+/m1/s1. The summed E-state index contributed by atoms with van der Waals surface area (Å²) in [5.41, 5.74) is 1.27. The van der Waals surface area contributed by atoms with Crippen LogP contribution in [-0.4, -0.2) is 52.8 Å². The molecule has 2 aliphatic rings. The van der Waals surface area contributed by atoms with Crippen LogP contribution < -0.4 is 4.74 Å². The molecular formula is C28H40O6. The van der Waals surface area contributed by atoms with Crippen molar-refractivity contribution in [3.8, 4) is 5.75 Å². The van der Waals surface area contributed by atoms with Gasteiger partial charge in [-0.25, -0.2) is 0 Å². The highest BCUT2D eigenvalue weighted by Gasteiger charge is 2.42. The number of unbranched alkanes of at least 4 members (excludes halogenated alkanes) is 1. The number of hydrogen-bond donors (Lipinski definition) is 3. The quantitative estimate of drug-likeness (QED) is 0.283. The third-order valence-corrected chi connectivity index (χ3v) is 7.06. The second-order valence-corrected chi connectivity index (χ2v) is 9.64. The lowest BCUT2D eigenvalue weighted by Crippen LogP contribution is -2.22. The monoisotopic (exact) mass is 472 g/mol. The van der Waals surface area contributed by atoms with Crippen LogP contribution in [0.4, 0.5) is 0 Å². The molecule has 6 heteroatoms. The molecule has 34 heavy (non-hydrogen) atoms. The zero-order chi connectivity index (χ0) is 24.3. The number of fused-ring (bicyclic) bond motifs is 1. The Labute approximate surface area is 203 Å². The van der Waals surface area contributed by atoms with Crippen LogP contribution in [0.25, 0.3) is 0 Å². The van der Waals surface area contributed by atoms with Gasteiger partial charge in [0.2, 0.25) is 0 Å². The van der Waals surface area contributed by atoms with Gasteiger partial charge in [0.1, 0.15) is 18.5 Å². The third-order valence-electron chi connectivity index (χ3n) is 7.06. The second-order valence-electron chi connectivity index (χ2n) is 9.64. The molecule has 0 radical (unpaired) electrons. The van der Waals surface area contributed by atoms with Crippen molar-refractivity contribution in [1.82, 2.24) is 0 Å². The predicted octanol–water partition coefficient (Wildman–Crippen LogP) is 4.76. The van der Waals surface area contributed by atoms with Crippen LogP contribution in [0.15, 0.2) is 54.1 Å². The molecular weight excluding hydrogens is 432 g/mol. The maximum atomic E-state index is 11.3. The SMILES string of the molecule is CCCC(CCCCC1=CC[C@@H]2[C@@H](C=CC(O)COc3ccccc3)[C@H](O)C[C@@H]2OC1)C(=O)O. The Balaban J connectivity index is 1.46. The summed E-state index contributed by atoms with van der Waals surface area (Å²) in [5.74, 6) is -0.0637. The number of aliphatic hydroxyl groups is 2. The summed E-state index contributed by atoms with van der Waals surface area (Å²) in [7, 11) is 0. The molecule has 6 atom stereocenters. The fourth-order valence-corrected chi connectivity index (χ4v) is 5.12. The van der Waals surface area contributed by atoms with Crippen molar-refractivity contribution < 1.29 is 29.6 Å². The largest absolute Gasteiger partial charge is 0.491 e. The van der Waals surface area contributed by atoms with Gasteiger partial charge >= 0.3 is 5.97 Å². The molecule has 1 heterocycles. The summed E-state index contributed by atoms with van der Waals surface area (Å²) >= 11 is 0. The molecule has 1 aliphatic heterocycles. The highest BCUT2D eigenvalue weighted by atomic mass is 16.5. The summed E-state index contributed by atoms with van der Waals surface area (Å²) in [5, 5.41) is 30.2. The minimum absolute atomic E-state index is 0.0112. The van der Waals surface area contributed by atoms with E-state index in [1.807, 2.05) is 43.3 Å². The Kier molecular flexibility index (Phi) is 10.6. The molecule has 0 amide bonds. The van der Waals surface area contributed by atoms with E-state index in [-0.39, 0.29) is 30.5 Å². The number of rotatable bonds is 13. The minimum atomic E-state index is -0.744. The van der Waals surface area contributed by atoms with E-state index in [9.17, 15) is 20.1 Å². The molecule has 1 fully saturated rings. The number of allylic oxidation sites excluding steroid dienone is 1. The first kappa shape index (κ1) is 26.5. The molecule has 1 aromatic rings. The van der Waals surface area contributed by atoms with Crippen LogP contribution in [0.5, 0.6) is 5.75 Å². The zero-order valence-corrected chi connectivity index (χ0v) is 20.2. The number of hydrogen-bond acceptors (Lipinski definition) is 5. The maximum absolute atomic E-state index is 11.3. The van der Waals surface area contributed by atoms with Gasteiger partial charge in [0, 0.05) is 12.3 Å². The lowest BCUT2D eigenvalue weighted by atomic mass is 9.89. The average molecular weight is 473 g/mol. The Bertz CT molecular complexity index is 804. The number of carboxylic acids is 1. The summed E-state index contributed by atoms with van der Waals surface area (Å²) in [4.78, 5) is 11.3. The van der Waals surface area contributed by atoms with Crippen molar-refractivity contribution in [3.63, 3.8) is 0 Å². The third kappa shape index (κ3) is 7.97. The molecule has 0 spiro atoms. The molecule has 188 valence electrons. The van der Waals surface area contributed by atoms with Crippen LogP contribution in [0.1, 0.15) is 58.3 Å². The number of carbonyl (C=O) groups is 1. The number of carboxylic acid groups (broad SMARTS) is 1. The average Bonchev–Trinajstić information content (AvgIpc) is 2.99. The van der Waals surface area contributed by atoms with Crippen molar-refractivity contribution >= 4 is 5.97 Å². The van der Waals surface area contributed by atoms with E-state index in [1.165, 1.54) is 5.57 Å². The van der Waals surface area contributed by atoms with E-state index in [0.717, 1.165) is 50.7 Å². The van der Waals surface area contributed by atoms with Crippen molar-refractivity contribution in [3.05, 3.63) is 54.1 Å². The molecule has 0 aromatic heterocycles. The van der Waals surface area contributed by atoms with Crippen LogP contribution in [0.2, 0.25) is 0 Å². The Hall–Kier alpha value is -2.15. The first-order valence-corrected chi connectivity index (χ1v) is 12.7. The molecule has 2 unspecified atom stereocenters. The van der Waals surface area contributed by atoms with E-state index in [1.54, 1.807) is 6.08 Å². The van der Waals surface area contributed by atoms with Crippen LogP contribution in [0.3, 0.4) is 0 Å². The molecule has 3 N–H and O–H groups in total. The van der Waals surface area contributed by atoms with Gasteiger partial charge in [0.05, 0.1) is 24.7 Å². The van der Waals surface area contributed by atoms with Crippen LogP contribution >= 0.6 is 0 Å². The molecule has 1 saturated carbocycles. The fourth-order valence-electron chi connectivity index (χ4n) is 5.12. The first-order valence-electron chi connectivity index (χ1n) is 12.7. The van der Waals surface area contributed by atoms with E-state index < -0.39 is 18.2 Å². The number of ether oxygens (including phenoxy) is 2. The number of aliphatic carboxylic acids is 1. The van der Waals surface area contributed by atoms with Gasteiger partial charge in [-0.1, -0.05) is 56.2 Å². The Morgan fingerprint density at radius 1 is 1.24 bits per heavy atom. The van der Waals surface area contributed by atoms with Gasteiger partial charge in [-0.15, -0.1) is 0 Å². The van der Waals surface area contributed by atoms with Gasteiger partial charge in [-0.2, -0.15) is 0 Å². The number of para-hydroxylation sites is 1. The van der Waals surface area contributed by atoms with Gasteiger partial charge in [0.15, 0.2) is 0 Å². The number of benzene rings is 1. The molecule has 3 rings (SSSR count). The lowest BCUT2D eigenvalue weighted by molar-refractivity contribution is -0.142. The summed E-state index contributed by atoms with van der Waals surface area (Å²) < 4.78 is 11.8. The van der Waals surface area contributed by atoms with Crippen molar-refractivity contribution in [1.29, 1.82) is 0 Å². The van der Waals surface area contributed by atoms with E-state index in [2.05, 4.69) is 6.08 Å². The highest BCUT2D eigenvalue weighted by molar-refractivity contribution is 5.69. The summed E-state index contributed by atoms with van der Waals surface area (Å²) in [6.45, 7) is 2.77. The normalized spacial score (nSPS) is 26.5. The smallest absolute Gasteiger partial charge is 0.306 e. The number of aliphatic hydroxyl groups excluding tert-OH is 2. The predicted molar refractivity (Wildman–Crippen MR) is 132 cm³/mol. The van der Waals surface area contributed by atoms with E-state index in [4.69, 9.17) is 9.47 Å². The van der Waals surface area contributed by atoms with Crippen molar-refractivity contribution in [2.75, 3.05) is 13.2 Å². The lowest BCUT2D eigenvalue weighted by Gasteiger charge is -2.20. The van der Waals surface area contributed by atoms with Crippen molar-refractivity contribution in [2.45, 2.75) is 76.6 Å². The fraction of sp³-hybridized carbons (Fsp3) is 0.607. The van der Waals surface area contributed by atoms with E-state index >= 15 is 0 Å². The maximum Gasteiger partial charge on any atom is 0.306 e. The van der Waals surface area contributed by atoms with Crippen LogP contribution in [-0.2, 0) is 9.53 Å². The Morgan fingerprint density at radius 2 is 2.03 bits per heavy atom. The molecule has 0 saturated heterocycles. The minimum Gasteiger partial charge on any atom is -0.491 e. The van der Waals surface area contributed by atoms with Crippen molar-refractivity contribution in [2.24, 2.45) is 17.8 Å². The molecule has 0 bridgehead atoms. The topological polar surface area (TPSA) is 96.2 Å². The molecule has 1 aliphatic carbocycles.